The molecule has 1 N–H and O–H groups in total. The van der Waals surface area contributed by atoms with E-state index in [-0.39, 0.29) is 17.7 Å². The number of nitrogens with one attached hydrogen (secondary N) is 1. The van der Waals surface area contributed by atoms with Crippen LogP contribution in [0.3, 0.4) is 0 Å². The second kappa shape index (κ2) is 5.99. The predicted molar refractivity (Wildman–Crippen MR) is 86.1 cm³/mol. The highest BCUT2D eigenvalue weighted by atomic mass is 16.2. The first-order valence-electron chi connectivity index (χ1n) is 8.04. The van der Waals surface area contributed by atoms with Crippen molar-refractivity contribution >= 4 is 17.6 Å². The first kappa shape index (κ1) is 14.7. The number of anilines is 1. The van der Waals surface area contributed by atoms with Gasteiger partial charge in [0.2, 0.25) is 5.91 Å². The lowest BCUT2D eigenvalue weighted by Crippen LogP contribution is -2.36. The van der Waals surface area contributed by atoms with Crippen molar-refractivity contribution in [3.63, 3.8) is 0 Å². The van der Waals surface area contributed by atoms with Gasteiger partial charge in [0, 0.05) is 30.4 Å². The summed E-state index contributed by atoms with van der Waals surface area (Å²) in [5.74, 6) is 0.432. The number of carbonyl (C=O) groups is 2. The Morgan fingerprint density at radius 3 is 2.96 bits per heavy atom. The van der Waals surface area contributed by atoms with Crippen molar-refractivity contribution in [1.82, 2.24) is 19.9 Å². The molecule has 1 saturated carbocycles. The highest BCUT2D eigenvalue weighted by Crippen LogP contribution is 2.30. The second-order valence-corrected chi connectivity index (χ2v) is 6.16. The summed E-state index contributed by atoms with van der Waals surface area (Å²) in [6.45, 7) is 1.11. The van der Waals surface area contributed by atoms with Crippen LogP contribution in [-0.2, 0) is 17.8 Å². The van der Waals surface area contributed by atoms with E-state index in [0.29, 0.717) is 24.5 Å². The molecule has 1 aliphatic carbocycles. The van der Waals surface area contributed by atoms with Crippen LogP contribution in [0.4, 0.5) is 5.82 Å². The fraction of sp³-hybridized carbons (Fsp3) is 0.353. The molecule has 24 heavy (non-hydrogen) atoms. The third-order valence-corrected chi connectivity index (χ3v) is 4.37. The van der Waals surface area contributed by atoms with Crippen LogP contribution < -0.4 is 5.32 Å². The van der Waals surface area contributed by atoms with E-state index in [0.717, 1.165) is 30.5 Å². The van der Waals surface area contributed by atoms with Crippen LogP contribution in [0.25, 0.3) is 0 Å². The normalized spacial score (nSPS) is 16.4. The van der Waals surface area contributed by atoms with E-state index in [1.165, 1.54) is 6.33 Å². The maximum absolute atomic E-state index is 12.7. The van der Waals surface area contributed by atoms with Crippen LogP contribution in [0.15, 0.2) is 30.9 Å². The Labute approximate surface area is 139 Å². The van der Waals surface area contributed by atoms with E-state index >= 15 is 0 Å². The van der Waals surface area contributed by atoms with E-state index in [4.69, 9.17) is 0 Å². The molecule has 1 fully saturated rings. The molecule has 4 rings (SSSR count). The Kier molecular flexibility index (Phi) is 3.68. The van der Waals surface area contributed by atoms with Gasteiger partial charge < -0.3 is 10.2 Å². The summed E-state index contributed by atoms with van der Waals surface area (Å²) < 4.78 is 0. The number of rotatable bonds is 3. The number of fused-ring (bicyclic) bond motifs is 1. The molecule has 0 atom stereocenters. The third kappa shape index (κ3) is 2.97. The van der Waals surface area contributed by atoms with Crippen molar-refractivity contribution in [1.29, 1.82) is 0 Å². The molecule has 7 nitrogen and oxygen atoms in total. The van der Waals surface area contributed by atoms with E-state index in [2.05, 4.69) is 20.3 Å². The molecule has 122 valence electrons. The van der Waals surface area contributed by atoms with Gasteiger partial charge in [-0.25, -0.2) is 15.0 Å². The van der Waals surface area contributed by atoms with Gasteiger partial charge in [0.1, 0.15) is 12.1 Å². The number of carbonyl (C=O) groups excluding carboxylic acids is 2. The summed E-state index contributed by atoms with van der Waals surface area (Å²) in [4.78, 5) is 38.7. The van der Waals surface area contributed by atoms with E-state index in [1.54, 1.807) is 23.2 Å². The van der Waals surface area contributed by atoms with Gasteiger partial charge in [-0.05, 0) is 37.0 Å². The van der Waals surface area contributed by atoms with Crippen LogP contribution >= 0.6 is 0 Å². The summed E-state index contributed by atoms with van der Waals surface area (Å²) in [7, 11) is 0. The Morgan fingerprint density at radius 1 is 1.25 bits per heavy atom. The Morgan fingerprint density at radius 2 is 2.12 bits per heavy atom. The highest BCUT2D eigenvalue weighted by molar-refractivity contribution is 5.97. The first-order valence-corrected chi connectivity index (χ1v) is 8.04. The van der Waals surface area contributed by atoms with Gasteiger partial charge in [0.25, 0.3) is 5.91 Å². The summed E-state index contributed by atoms with van der Waals surface area (Å²) in [5.41, 5.74) is 2.50. The summed E-state index contributed by atoms with van der Waals surface area (Å²) in [5, 5.41) is 2.78. The largest absolute Gasteiger partial charge is 0.332 e. The fourth-order valence-electron chi connectivity index (χ4n) is 2.81. The molecule has 0 bridgehead atoms. The average molecular weight is 323 g/mol. The molecule has 0 spiro atoms. The zero-order chi connectivity index (χ0) is 16.5. The number of amides is 2. The molecule has 0 unspecified atom stereocenters. The third-order valence-electron chi connectivity index (χ3n) is 4.37. The second-order valence-electron chi connectivity index (χ2n) is 6.16. The average Bonchev–Trinajstić information content (AvgIpc) is 3.46. The Hall–Kier alpha value is -2.83. The molecular weight excluding hydrogens is 306 g/mol. The van der Waals surface area contributed by atoms with E-state index in [1.807, 2.05) is 6.20 Å². The number of hydrogen-bond donors (Lipinski definition) is 1. The number of pyridine rings is 1. The Bertz CT molecular complexity index is 803. The molecule has 3 heterocycles. The zero-order valence-electron chi connectivity index (χ0n) is 13.1. The number of nitrogens with zero attached hydrogens (tertiary/aromatic N) is 4. The van der Waals surface area contributed by atoms with Crippen LogP contribution in [0.2, 0.25) is 0 Å². The first-order chi connectivity index (χ1) is 11.7. The topological polar surface area (TPSA) is 88.1 Å². The van der Waals surface area contributed by atoms with Gasteiger partial charge in [-0.1, -0.05) is 0 Å². The van der Waals surface area contributed by atoms with Crippen molar-refractivity contribution in [3.05, 3.63) is 47.7 Å². The van der Waals surface area contributed by atoms with Crippen LogP contribution in [0, 0.1) is 5.92 Å². The monoisotopic (exact) mass is 323 g/mol. The van der Waals surface area contributed by atoms with Crippen molar-refractivity contribution < 1.29 is 9.59 Å². The molecule has 2 aromatic heterocycles. The lowest BCUT2D eigenvalue weighted by Gasteiger charge is -2.27. The van der Waals surface area contributed by atoms with Gasteiger partial charge in [-0.3, -0.25) is 9.59 Å². The van der Waals surface area contributed by atoms with Gasteiger partial charge in [0.15, 0.2) is 0 Å². The fourth-order valence-corrected chi connectivity index (χ4v) is 2.81. The van der Waals surface area contributed by atoms with Gasteiger partial charge in [-0.2, -0.15) is 0 Å². The van der Waals surface area contributed by atoms with Gasteiger partial charge in [0.05, 0.1) is 12.2 Å². The van der Waals surface area contributed by atoms with E-state index < -0.39 is 0 Å². The maximum Gasteiger partial charge on any atom is 0.254 e. The minimum absolute atomic E-state index is 0.0179. The van der Waals surface area contributed by atoms with Crippen molar-refractivity contribution in [2.24, 2.45) is 5.92 Å². The molecule has 2 amide bonds. The lowest BCUT2D eigenvalue weighted by atomic mass is 10.1. The molecule has 0 saturated heterocycles. The zero-order valence-corrected chi connectivity index (χ0v) is 13.1. The minimum atomic E-state index is -0.0800. The molecule has 2 aromatic rings. The predicted octanol–water partition coefficient (Wildman–Crippen LogP) is 1.42. The smallest absolute Gasteiger partial charge is 0.254 e. The highest BCUT2D eigenvalue weighted by Gasteiger charge is 2.30. The van der Waals surface area contributed by atoms with Crippen LogP contribution in [0.1, 0.15) is 34.5 Å². The molecule has 1 aliphatic heterocycles. The van der Waals surface area contributed by atoms with Gasteiger partial charge in [-0.15, -0.1) is 0 Å². The molecule has 0 aromatic carbocycles. The van der Waals surface area contributed by atoms with Crippen molar-refractivity contribution in [2.75, 3.05) is 11.9 Å². The van der Waals surface area contributed by atoms with Crippen LogP contribution in [0.5, 0.6) is 0 Å². The number of hydrogen-bond acceptors (Lipinski definition) is 5. The summed E-state index contributed by atoms with van der Waals surface area (Å²) in [6.07, 6.45) is 7.47. The molecule has 2 aliphatic rings. The van der Waals surface area contributed by atoms with Crippen LogP contribution in [-0.4, -0.2) is 38.2 Å². The molecule has 0 radical (unpaired) electrons. The summed E-state index contributed by atoms with van der Waals surface area (Å²) in [6, 6.07) is 3.31. The lowest BCUT2D eigenvalue weighted by molar-refractivity contribution is -0.117. The Balaban J connectivity index is 1.49. The minimum Gasteiger partial charge on any atom is -0.332 e. The summed E-state index contributed by atoms with van der Waals surface area (Å²) >= 11 is 0. The van der Waals surface area contributed by atoms with Crippen molar-refractivity contribution in [2.45, 2.75) is 25.8 Å². The maximum atomic E-state index is 12.7. The SMILES string of the molecule is O=C(Nc1cc(C(=O)N2CCc3cncnc3C2)ccn1)C1CC1. The molecular formula is C17H17N5O2. The quantitative estimate of drug-likeness (QED) is 0.923. The number of aromatic nitrogens is 3. The standard InChI is InChI=1S/C17H17N5O2/c23-16(11-1-2-11)21-15-7-12(3-5-19-15)17(24)22-6-4-13-8-18-10-20-14(13)9-22/h3,5,7-8,10-11H,1-2,4,6,9H2,(H,19,21,23). The van der Waals surface area contributed by atoms with Gasteiger partial charge >= 0.3 is 0 Å². The van der Waals surface area contributed by atoms with Crippen molar-refractivity contribution in [3.8, 4) is 0 Å². The molecule has 7 heteroatoms. The van der Waals surface area contributed by atoms with E-state index in [9.17, 15) is 9.59 Å².